The van der Waals surface area contributed by atoms with Crippen LogP contribution in [-0.4, -0.2) is 48.9 Å². The molecular weight excluding hydrogens is 339 g/mol. The van der Waals surface area contributed by atoms with Crippen LogP contribution in [0, 0.1) is 0 Å². The summed E-state index contributed by atoms with van der Waals surface area (Å²) in [5, 5.41) is 3.17. The van der Waals surface area contributed by atoms with E-state index in [1.54, 1.807) is 0 Å². The van der Waals surface area contributed by atoms with Crippen LogP contribution in [0.2, 0.25) is 5.82 Å². The predicted octanol–water partition coefficient (Wildman–Crippen LogP) is 3.60. The molecule has 27 heavy (non-hydrogen) atoms. The van der Waals surface area contributed by atoms with Crippen LogP contribution in [-0.2, 0) is 14.7 Å². The van der Waals surface area contributed by atoms with Crippen molar-refractivity contribution in [2.75, 3.05) is 19.6 Å². The average Bonchev–Trinajstić information content (AvgIpc) is 3.18. The number of urea groups is 1. The Labute approximate surface area is 162 Å². The first-order valence-corrected chi connectivity index (χ1v) is 10.2. The van der Waals surface area contributed by atoms with Gasteiger partial charge >= 0.3 is 13.1 Å². The van der Waals surface area contributed by atoms with Crippen molar-refractivity contribution in [1.29, 1.82) is 0 Å². The van der Waals surface area contributed by atoms with E-state index in [-0.39, 0.29) is 35.6 Å². The standard InChI is InChI=1S/C21H31BN2O3/c1-19(2)20(3,4)27-22(26-19)17-10-13-24(14-17)18(25)23-15-21(11-12-21)16-8-6-5-7-9-16/h5-9,17H,10-15H2,1-4H3,(H,23,25). The number of benzene rings is 1. The summed E-state index contributed by atoms with van der Waals surface area (Å²) in [5.74, 6) is 0.237. The molecule has 2 saturated heterocycles. The van der Waals surface area contributed by atoms with E-state index in [1.165, 1.54) is 5.56 Å². The summed E-state index contributed by atoms with van der Waals surface area (Å²) in [6.45, 7) is 10.5. The molecule has 5 nitrogen and oxygen atoms in total. The Hall–Kier alpha value is -1.53. The fraction of sp³-hybridized carbons (Fsp3) is 0.667. The van der Waals surface area contributed by atoms with Gasteiger partial charge in [0.1, 0.15) is 0 Å². The van der Waals surface area contributed by atoms with Crippen molar-refractivity contribution in [2.45, 2.75) is 69.4 Å². The van der Waals surface area contributed by atoms with E-state index in [4.69, 9.17) is 9.31 Å². The first-order chi connectivity index (χ1) is 12.7. The molecule has 146 valence electrons. The molecule has 1 aliphatic carbocycles. The zero-order valence-corrected chi connectivity index (χ0v) is 17.0. The van der Waals surface area contributed by atoms with E-state index in [9.17, 15) is 4.79 Å². The molecule has 1 aromatic carbocycles. The molecule has 6 heteroatoms. The second-order valence-electron chi connectivity index (χ2n) is 9.42. The van der Waals surface area contributed by atoms with Gasteiger partial charge in [0.2, 0.25) is 0 Å². The number of carbonyl (C=O) groups is 1. The maximum atomic E-state index is 12.7. The number of nitrogens with one attached hydrogen (secondary N) is 1. The van der Waals surface area contributed by atoms with Crippen molar-refractivity contribution >= 4 is 13.1 Å². The van der Waals surface area contributed by atoms with E-state index in [2.05, 4.69) is 57.3 Å². The zero-order chi connectivity index (χ0) is 19.3. The number of hydrogen-bond donors (Lipinski definition) is 1. The second kappa shape index (κ2) is 6.52. The second-order valence-corrected chi connectivity index (χ2v) is 9.42. The van der Waals surface area contributed by atoms with Gasteiger partial charge in [-0.3, -0.25) is 0 Å². The van der Waals surface area contributed by atoms with E-state index in [1.807, 2.05) is 11.0 Å². The zero-order valence-electron chi connectivity index (χ0n) is 17.0. The normalized spacial score (nSPS) is 27.6. The van der Waals surface area contributed by atoms with Crippen molar-refractivity contribution in [3.63, 3.8) is 0 Å². The van der Waals surface area contributed by atoms with Gasteiger partial charge in [0.05, 0.1) is 11.2 Å². The molecule has 0 spiro atoms. The van der Waals surface area contributed by atoms with Gasteiger partial charge in [-0.2, -0.15) is 0 Å². The summed E-state index contributed by atoms with van der Waals surface area (Å²) >= 11 is 0. The highest BCUT2D eigenvalue weighted by Gasteiger charge is 2.55. The maximum absolute atomic E-state index is 12.7. The average molecular weight is 370 g/mol. The molecule has 1 unspecified atom stereocenters. The van der Waals surface area contributed by atoms with Crippen LogP contribution in [0.5, 0.6) is 0 Å². The quantitative estimate of drug-likeness (QED) is 0.824. The molecule has 3 fully saturated rings. The molecule has 4 rings (SSSR count). The molecule has 1 N–H and O–H groups in total. The predicted molar refractivity (Wildman–Crippen MR) is 107 cm³/mol. The molecule has 3 aliphatic rings. The summed E-state index contributed by atoms with van der Waals surface area (Å²) in [6, 6.07) is 10.6. The van der Waals surface area contributed by atoms with Gasteiger partial charge in [-0.15, -0.1) is 0 Å². The van der Waals surface area contributed by atoms with Crippen LogP contribution in [0.1, 0.15) is 52.5 Å². The fourth-order valence-electron chi connectivity index (χ4n) is 4.14. The Morgan fingerprint density at radius 1 is 1.15 bits per heavy atom. The van der Waals surface area contributed by atoms with Gasteiger partial charge in [-0.25, -0.2) is 4.79 Å². The molecular formula is C21H31BN2O3. The molecule has 0 radical (unpaired) electrons. The fourth-order valence-corrected chi connectivity index (χ4v) is 4.14. The molecule has 1 aromatic rings. The molecule has 1 atom stereocenters. The molecule has 0 aromatic heterocycles. The molecule has 1 saturated carbocycles. The van der Waals surface area contributed by atoms with Crippen LogP contribution in [0.15, 0.2) is 30.3 Å². The van der Waals surface area contributed by atoms with Crippen LogP contribution >= 0.6 is 0 Å². The monoisotopic (exact) mass is 370 g/mol. The lowest BCUT2D eigenvalue weighted by Gasteiger charge is -2.32. The van der Waals surface area contributed by atoms with Crippen molar-refractivity contribution < 1.29 is 14.1 Å². The smallest absolute Gasteiger partial charge is 0.403 e. The highest BCUT2D eigenvalue weighted by Crippen LogP contribution is 2.47. The number of hydrogen-bond acceptors (Lipinski definition) is 3. The van der Waals surface area contributed by atoms with Crippen LogP contribution in [0.4, 0.5) is 4.79 Å². The summed E-state index contributed by atoms with van der Waals surface area (Å²) in [5.41, 5.74) is 0.840. The van der Waals surface area contributed by atoms with Crippen LogP contribution in [0.25, 0.3) is 0 Å². The van der Waals surface area contributed by atoms with Gasteiger partial charge < -0.3 is 19.5 Å². The van der Waals surface area contributed by atoms with Gasteiger partial charge in [0, 0.05) is 30.9 Å². The highest BCUT2D eigenvalue weighted by atomic mass is 16.7. The first-order valence-electron chi connectivity index (χ1n) is 10.2. The minimum Gasteiger partial charge on any atom is -0.403 e. The Kier molecular flexibility index (Phi) is 4.55. The largest absolute Gasteiger partial charge is 0.463 e. The van der Waals surface area contributed by atoms with Crippen LogP contribution in [0.3, 0.4) is 0 Å². The summed E-state index contributed by atoms with van der Waals surface area (Å²) in [6.07, 6.45) is 3.22. The number of likely N-dealkylation sites (tertiary alicyclic amines) is 1. The van der Waals surface area contributed by atoms with E-state index in [0.717, 1.165) is 25.8 Å². The third-order valence-corrected chi connectivity index (χ3v) is 6.99. The number of amides is 2. The van der Waals surface area contributed by atoms with Crippen LogP contribution < -0.4 is 5.32 Å². The topological polar surface area (TPSA) is 50.8 Å². The summed E-state index contributed by atoms with van der Waals surface area (Å²) in [4.78, 5) is 14.6. The lowest BCUT2D eigenvalue weighted by molar-refractivity contribution is 0.00578. The van der Waals surface area contributed by atoms with E-state index >= 15 is 0 Å². The maximum Gasteiger partial charge on any atom is 0.463 e. The number of carbonyl (C=O) groups excluding carboxylic acids is 1. The van der Waals surface area contributed by atoms with Gasteiger partial charge in [-0.1, -0.05) is 30.3 Å². The molecule has 2 aliphatic heterocycles. The third-order valence-electron chi connectivity index (χ3n) is 6.99. The minimum absolute atomic E-state index is 0.0382. The van der Waals surface area contributed by atoms with Crippen molar-refractivity contribution in [3.8, 4) is 0 Å². The lowest BCUT2D eigenvalue weighted by Crippen LogP contribution is -2.42. The first kappa shape index (κ1) is 18.8. The molecule has 2 heterocycles. The summed E-state index contributed by atoms with van der Waals surface area (Å²) < 4.78 is 12.4. The molecule has 2 amide bonds. The summed E-state index contributed by atoms with van der Waals surface area (Å²) in [7, 11) is -0.230. The lowest BCUT2D eigenvalue weighted by atomic mass is 9.71. The highest BCUT2D eigenvalue weighted by molar-refractivity contribution is 6.47. The van der Waals surface area contributed by atoms with Gasteiger partial charge in [-0.05, 0) is 52.5 Å². The van der Waals surface area contributed by atoms with E-state index < -0.39 is 0 Å². The van der Waals surface area contributed by atoms with Gasteiger partial charge in [0.15, 0.2) is 0 Å². The Morgan fingerprint density at radius 2 is 1.78 bits per heavy atom. The third kappa shape index (κ3) is 3.50. The van der Waals surface area contributed by atoms with Gasteiger partial charge in [0.25, 0.3) is 0 Å². The Bertz CT molecular complexity index is 687. The number of nitrogens with zero attached hydrogens (tertiary/aromatic N) is 1. The van der Waals surface area contributed by atoms with E-state index in [0.29, 0.717) is 13.1 Å². The van der Waals surface area contributed by atoms with Crippen molar-refractivity contribution in [3.05, 3.63) is 35.9 Å². The minimum atomic E-state index is -0.318. The number of rotatable bonds is 4. The SMILES string of the molecule is CC1(C)OB(C2CCN(C(=O)NCC3(c4ccccc4)CC3)C2)OC1(C)C. The van der Waals surface area contributed by atoms with Crippen molar-refractivity contribution in [1.82, 2.24) is 10.2 Å². The molecule has 0 bridgehead atoms. The Balaban J connectivity index is 1.30. The van der Waals surface area contributed by atoms with Crippen molar-refractivity contribution in [2.24, 2.45) is 0 Å². The Morgan fingerprint density at radius 3 is 2.37 bits per heavy atom.